The second-order valence-corrected chi connectivity index (χ2v) is 7.83. The van der Waals surface area contributed by atoms with Gasteiger partial charge in [-0.05, 0) is 56.3 Å². The van der Waals surface area contributed by atoms with Gasteiger partial charge < -0.3 is 15.3 Å². The topological polar surface area (TPSA) is 51.1 Å². The lowest BCUT2D eigenvalue weighted by atomic mass is 9.99. The zero-order valence-electron chi connectivity index (χ0n) is 16.3. The smallest absolute Gasteiger partial charge is 0.194 e. The molecule has 3 rings (SSSR count). The Balaban J connectivity index is 1.54. The van der Waals surface area contributed by atoms with Gasteiger partial charge in [-0.25, -0.2) is 4.99 Å². The van der Waals surface area contributed by atoms with Crippen LogP contribution in [0.15, 0.2) is 29.3 Å². The molecule has 2 N–H and O–H groups in total. The van der Waals surface area contributed by atoms with Crippen LogP contribution in [0.5, 0.6) is 0 Å². The van der Waals surface area contributed by atoms with Crippen LogP contribution in [-0.2, 0) is 13.1 Å². The van der Waals surface area contributed by atoms with Gasteiger partial charge in [0.25, 0.3) is 0 Å². The van der Waals surface area contributed by atoms with Crippen molar-refractivity contribution in [3.63, 3.8) is 0 Å². The second kappa shape index (κ2) is 9.38. The summed E-state index contributed by atoms with van der Waals surface area (Å²) in [5.74, 6) is 1.80. The molecule has 144 valence electrons. The number of likely N-dealkylation sites (tertiary alicyclic amines) is 2. The summed E-state index contributed by atoms with van der Waals surface area (Å²) in [6, 6.07) is 8.90. The van der Waals surface area contributed by atoms with Crippen molar-refractivity contribution in [3.8, 4) is 0 Å². The number of benzene rings is 1. The number of rotatable bonds is 5. The molecule has 0 radical (unpaired) electrons. The van der Waals surface area contributed by atoms with Gasteiger partial charge in [-0.1, -0.05) is 31.2 Å². The predicted molar refractivity (Wildman–Crippen MR) is 107 cm³/mol. The molecule has 5 nitrogen and oxygen atoms in total. The number of aliphatic hydroxyl groups is 1. The van der Waals surface area contributed by atoms with E-state index in [1.54, 1.807) is 0 Å². The van der Waals surface area contributed by atoms with E-state index < -0.39 is 0 Å². The van der Waals surface area contributed by atoms with E-state index in [0.717, 1.165) is 37.9 Å². The third-order valence-electron chi connectivity index (χ3n) is 5.51. The Morgan fingerprint density at radius 3 is 2.42 bits per heavy atom. The number of aliphatic hydroxyl groups excluding tert-OH is 1. The summed E-state index contributed by atoms with van der Waals surface area (Å²) in [6.07, 6.45) is 3.25. The Kier molecular flexibility index (Phi) is 6.92. The first kappa shape index (κ1) is 19.2. The molecule has 0 aromatic heterocycles. The maximum Gasteiger partial charge on any atom is 0.194 e. The lowest BCUT2D eigenvalue weighted by Gasteiger charge is -2.30. The summed E-state index contributed by atoms with van der Waals surface area (Å²) in [4.78, 5) is 9.48. The molecule has 1 aromatic rings. The summed E-state index contributed by atoms with van der Waals surface area (Å²) in [6.45, 7) is 11.0. The van der Waals surface area contributed by atoms with Gasteiger partial charge in [0.2, 0.25) is 0 Å². The van der Waals surface area contributed by atoms with E-state index in [9.17, 15) is 5.11 Å². The molecule has 5 heteroatoms. The van der Waals surface area contributed by atoms with E-state index in [2.05, 4.69) is 53.2 Å². The lowest BCUT2D eigenvalue weighted by Crippen LogP contribution is -2.40. The quantitative estimate of drug-likeness (QED) is 0.627. The summed E-state index contributed by atoms with van der Waals surface area (Å²) < 4.78 is 0. The van der Waals surface area contributed by atoms with E-state index >= 15 is 0 Å². The van der Waals surface area contributed by atoms with Gasteiger partial charge in [0.05, 0.1) is 12.6 Å². The average molecular weight is 359 g/mol. The Morgan fingerprint density at radius 1 is 1.12 bits per heavy atom. The monoisotopic (exact) mass is 358 g/mol. The molecule has 2 fully saturated rings. The first-order chi connectivity index (χ1) is 12.6. The third-order valence-corrected chi connectivity index (χ3v) is 5.51. The minimum atomic E-state index is -0.226. The molecule has 0 aliphatic carbocycles. The molecule has 1 atom stereocenters. The zero-order valence-corrected chi connectivity index (χ0v) is 16.3. The fraction of sp³-hybridized carbons (Fsp3) is 0.667. The van der Waals surface area contributed by atoms with E-state index in [-0.39, 0.29) is 6.10 Å². The number of guanidine groups is 1. The number of hydrogen-bond acceptors (Lipinski definition) is 3. The van der Waals surface area contributed by atoms with Crippen LogP contribution < -0.4 is 5.32 Å². The molecule has 0 unspecified atom stereocenters. The fourth-order valence-corrected chi connectivity index (χ4v) is 3.75. The van der Waals surface area contributed by atoms with E-state index in [1.807, 2.05) is 0 Å². The highest BCUT2D eigenvalue weighted by Crippen LogP contribution is 2.18. The van der Waals surface area contributed by atoms with Crippen LogP contribution in [0, 0.1) is 5.92 Å². The SMILES string of the molecule is CCNC(=NCc1ccc(CN2CCC(C)CC2)cc1)N1CC[C@@H](O)C1. The zero-order chi connectivity index (χ0) is 18.4. The molecular weight excluding hydrogens is 324 g/mol. The van der Waals surface area contributed by atoms with Crippen molar-refractivity contribution >= 4 is 5.96 Å². The van der Waals surface area contributed by atoms with Crippen molar-refractivity contribution in [3.05, 3.63) is 35.4 Å². The normalized spacial score (nSPS) is 22.8. The molecule has 2 heterocycles. The highest BCUT2D eigenvalue weighted by molar-refractivity contribution is 5.80. The molecule has 2 aliphatic heterocycles. The number of nitrogens with one attached hydrogen (secondary N) is 1. The van der Waals surface area contributed by atoms with Crippen LogP contribution in [0.3, 0.4) is 0 Å². The highest BCUT2D eigenvalue weighted by Gasteiger charge is 2.22. The minimum absolute atomic E-state index is 0.226. The number of nitrogens with zero attached hydrogens (tertiary/aromatic N) is 3. The highest BCUT2D eigenvalue weighted by atomic mass is 16.3. The van der Waals surface area contributed by atoms with Crippen molar-refractivity contribution in [1.29, 1.82) is 0 Å². The molecule has 0 spiro atoms. The Hall–Kier alpha value is -1.59. The van der Waals surface area contributed by atoms with Crippen molar-refractivity contribution in [1.82, 2.24) is 15.1 Å². The fourth-order valence-electron chi connectivity index (χ4n) is 3.75. The molecule has 0 amide bonds. The molecule has 0 bridgehead atoms. The summed E-state index contributed by atoms with van der Waals surface area (Å²) in [7, 11) is 0. The number of hydrogen-bond donors (Lipinski definition) is 2. The van der Waals surface area contributed by atoms with Crippen LogP contribution in [0.4, 0.5) is 0 Å². The van der Waals surface area contributed by atoms with E-state index in [0.29, 0.717) is 13.1 Å². The van der Waals surface area contributed by atoms with Gasteiger partial charge in [-0.3, -0.25) is 4.90 Å². The van der Waals surface area contributed by atoms with Crippen molar-refractivity contribution < 1.29 is 5.11 Å². The third kappa shape index (κ3) is 5.45. The second-order valence-electron chi connectivity index (χ2n) is 7.83. The summed E-state index contributed by atoms with van der Waals surface area (Å²) in [5, 5.41) is 13.1. The van der Waals surface area contributed by atoms with Gasteiger partial charge in [-0.2, -0.15) is 0 Å². The van der Waals surface area contributed by atoms with E-state index in [1.165, 1.54) is 37.1 Å². The molecule has 26 heavy (non-hydrogen) atoms. The number of aliphatic imine (C=N–C) groups is 1. The lowest BCUT2D eigenvalue weighted by molar-refractivity contribution is 0.185. The van der Waals surface area contributed by atoms with Crippen molar-refractivity contribution in [2.75, 3.05) is 32.7 Å². The van der Waals surface area contributed by atoms with Crippen LogP contribution >= 0.6 is 0 Å². The van der Waals surface area contributed by atoms with Crippen LogP contribution in [0.2, 0.25) is 0 Å². The predicted octanol–water partition coefficient (Wildman–Crippen LogP) is 2.45. The Morgan fingerprint density at radius 2 is 1.81 bits per heavy atom. The first-order valence-corrected chi connectivity index (χ1v) is 10.2. The Bertz CT molecular complexity index is 578. The van der Waals surface area contributed by atoms with Crippen LogP contribution in [0.1, 0.15) is 44.2 Å². The van der Waals surface area contributed by atoms with Gasteiger partial charge in [0, 0.05) is 26.2 Å². The standard InChI is InChI=1S/C21H34N4O/c1-3-22-21(25-13-10-20(26)16-25)23-14-18-4-6-19(7-5-18)15-24-11-8-17(2)9-12-24/h4-7,17,20,26H,3,8-16H2,1-2H3,(H,22,23)/t20-/m1/s1. The largest absolute Gasteiger partial charge is 0.391 e. The van der Waals surface area contributed by atoms with E-state index in [4.69, 9.17) is 4.99 Å². The molecule has 2 saturated heterocycles. The van der Waals surface area contributed by atoms with Crippen LogP contribution in [0.25, 0.3) is 0 Å². The number of β-amino-alcohol motifs (C(OH)–C–C–N with tert-alkyl or cyclic N) is 1. The molecule has 1 aromatic carbocycles. The number of piperidine rings is 1. The van der Waals surface area contributed by atoms with Crippen molar-refractivity contribution in [2.45, 2.75) is 52.3 Å². The van der Waals surface area contributed by atoms with Gasteiger partial charge >= 0.3 is 0 Å². The summed E-state index contributed by atoms with van der Waals surface area (Å²) in [5.41, 5.74) is 2.62. The van der Waals surface area contributed by atoms with Gasteiger partial charge in [0.1, 0.15) is 0 Å². The van der Waals surface area contributed by atoms with Crippen LogP contribution in [-0.4, -0.2) is 59.7 Å². The maximum absolute atomic E-state index is 9.75. The summed E-state index contributed by atoms with van der Waals surface area (Å²) >= 11 is 0. The van der Waals surface area contributed by atoms with Crippen molar-refractivity contribution in [2.24, 2.45) is 10.9 Å². The Labute approximate surface area is 158 Å². The molecule has 2 aliphatic rings. The average Bonchev–Trinajstić information content (AvgIpc) is 3.08. The first-order valence-electron chi connectivity index (χ1n) is 10.2. The minimum Gasteiger partial charge on any atom is -0.391 e. The maximum atomic E-state index is 9.75. The molecular formula is C21H34N4O. The molecule has 0 saturated carbocycles. The van der Waals surface area contributed by atoms with Gasteiger partial charge in [0.15, 0.2) is 5.96 Å². The van der Waals surface area contributed by atoms with Gasteiger partial charge in [-0.15, -0.1) is 0 Å².